The molecule has 0 bridgehead atoms. The third-order valence-corrected chi connectivity index (χ3v) is 3.77. The van der Waals surface area contributed by atoms with E-state index < -0.39 is 5.60 Å². The highest BCUT2D eigenvalue weighted by molar-refractivity contribution is 9.10. The molecule has 0 aromatic heterocycles. The lowest BCUT2D eigenvalue weighted by molar-refractivity contribution is 0.0276. The first-order chi connectivity index (χ1) is 9.74. The minimum Gasteiger partial charge on any atom is -0.487 e. The van der Waals surface area contributed by atoms with Crippen LogP contribution < -0.4 is 4.74 Å². The van der Waals surface area contributed by atoms with Gasteiger partial charge in [-0.05, 0) is 39.0 Å². The van der Waals surface area contributed by atoms with Crippen LogP contribution in [0.1, 0.15) is 27.2 Å². The quantitative estimate of drug-likeness (QED) is 0.763. The number of amides is 1. The Morgan fingerprint density at radius 3 is 2.76 bits per heavy atom. The van der Waals surface area contributed by atoms with Gasteiger partial charge in [0.15, 0.2) is 0 Å². The van der Waals surface area contributed by atoms with Crippen LogP contribution in [0.15, 0.2) is 22.7 Å². The fourth-order valence-corrected chi connectivity index (χ4v) is 2.79. The molecule has 0 N–H and O–H groups in total. The molecular formula is C15H19BrClNO3. The van der Waals surface area contributed by atoms with E-state index in [4.69, 9.17) is 21.1 Å². The minimum atomic E-state index is -0.481. The van der Waals surface area contributed by atoms with Gasteiger partial charge in [-0.2, -0.15) is 0 Å². The third-order valence-electron chi connectivity index (χ3n) is 2.98. The van der Waals surface area contributed by atoms with E-state index in [0.717, 1.165) is 10.9 Å². The summed E-state index contributed by atoms with van der Waals surface area (Å²) in [5.41, 5.74) is -0.481. The van der Waals surface area contributed by atoms with Crippen LogP contribution in [0.3, 0.4) is 0 Å². The summed E-state index contributed by atoms with van der Waals surface area (Å²) in [6.07, 6.45) is 0.415. The molecule has 1 aliphatic heterocycles. The van der Waals surface area contributed by atoms with Crippen molar-refractivity contribution in [3.8, 4) is 5.75 Å². The van der Waals surface area contributed by atoms with Crippen molar-refractivity contribution in [3.63, 3.8) is 0 Å². The summed E-state index contributed by atoms with van der Waals surface area (Å²) >= 11 is 9.49. The largest absolute Gasteiger partial charge is 0.487 e. The Balaban J connectivity index is 1.92. The van der Waals surface area contributed by atoms with E-state index in [-0.39, 0.29) is 12.2 Å². The molecule has 6 heteroatoms. The van der Waals surface area contributed by atoms with E-state index in [9.17, 15) is 4.79 Å². The number of ether oxygens (including phenoxy) is 2. The van der Waals surface area contributed by atoms with Crippen LogP contribution in [-0.4, -0.2) is 35.8 Å². The molecule has 116 valence electrons. The van der Waals surface area contributed by atoms with Gasteiger partial charge in [0.1, 0.15) is 17.5 Å². The number of hydrogen-bond acceptors (Lipinski definition) is 3. The van der Waals surface area contributed by atoms with Gasteiger partial charge in [-0.25, -0.2) is 4.79 Å². The van der Waals surface area contributed by atoms with E-state index in [0.29, 0.717) is 23.9 Å². The zero-order chi connectivity index (χ0) is 15.6. The first-order valence-corrected chi connectivity index (χ1v) is 8.01. The minimum absolute atomic E-state index is 0.0591. The van der Waals surface area contributed by atoms with E-state index in [2.05, 4.69) is 15.9 Å². The number of benzene rings is 1. The Morgan fingerprint density at radius 1 is 1.43 bits per heavy atom. The first-order valence-electron chi connectivity index (χ1n) is 6.84. The lowest BCUT2D eigenvalue weighted by Crippen LogP contribution is -2.36. The number of halogens is 2. The molecule has 2 rings (SSSR count). The molecule has 1 aliphatic rings. The zero-order valence-electron chi connectivity index (χ0n) is 12.4. The van der Waals surface area contributed by atoms with Gasteiger partial charge in [0.2, 0.25) is 0 Å². The second-order valence-corrected chi connectivity index (χ2v) is 7.35. The second-order valence-electron chi connectivity index (χ2n) is 6.03. The van der Waals surface area contributed by atoms with Gasteiger partial charge in [0.05, 0.1) is 11.6 Å². The smallest absolute Gasteiger partial charge is 0.410 e. The average Bonchev–Trinajstić information content (AvgIpc) is 2.79. The van der Waals surface area contributed by atoms with Gasteiger partial charge in [-0.1, -0.05) is 27.5 Å². The molecule has 1 heterocycles. The molecule has 1 amide bonds. The summed E-state index contributed by atoms with van der Waals surface area (Å²) in [5.74, 6) is 0.635. The summed E-state index contributed by atoms with van der Waals surface area (Å²) in [6, 6.07) is 5.49. The number of rotatable bonds is 2. The molecule has 1 saturated heterocycles. The van der Waals surface area contributed by atoms with Crippen molar-refractivity contribution in [1.82, 2.24) is 4.90 Å². The highest BCUT2D eigenvalue weighted by Gasteiger charge is 2.31. The summed E-state index contributed by atoms with van der Waals surface area (Å²) in [5, 5.41) is 0.556. The number of carbonyl (C=O) groups excluding carboxylic acids is 1. The zero-order valence-corrected chi connectivity index (χ0v) is 14.7. The molecule has 0 spiro atoms. The third kappa shape index (κ3) is 4.78. The van der Waals surface area contributed by atoms with Gasteiger partial charge < -0.3 is 14.4 Å². The maximum atomic E-state index is 12.0. The van der Waals surface area contributed by atoms with E-state index in [1.54, 1.807) is 11.0 Å². The lowest BCUT2D eigenvalue weighted by Gasteiger charge is -2.24. The van der Waals surface area contributed by atoms with Crippen molar-refractivity contribution in [2.45, 2.75) is 38.9 Å². The number of hydrogen-bond donors (Lipinski definition) is 0. The predicted octanol–water partition coefficient (Wildman–Crippen LogP) is 4.49. The number of carbonyl (C=O) groups is 1. The fourth-order valence-electron chi connectivity index (χ4n) is 2.07. The normalized spacial score (nSPS) is 18.7. The van der Waals surface area contributed by atoms with E-state index in [1.807, 2.05) is 32.9 Å². The molecule has 1 unspecified atom stereocenters. The van der Waals surface area contributed by atoms with Crippen molar-refractivity contribution >= 4 is 33.6 Å². The Labute approximate surface area is 138 Å². The Hall–Kier alpha value is -0.940. The van der Waals surface area contributed by atoms with Crippen LogP contribution in [0, 0.1) is 0 Å². The Bertz CT molecular complexity index is 530. The van der Waals surface area contributed by atoms with Gasteiger partial charge in [0.25, 0.3) is 0 Å². The molecule has 1 aromatic carbocycles. The highest BCUT2D eigenvalue weighted by Crippen LogP contribution is 2.30. The molecule has 1 atom stereocenters. The average molecular weight is 377 g/mol. The predicted molar refractivity (Wildman–Crippen MR) is 86.0 cm³/mol. The van der Waals surface area contributed by atoms with Crippen molar-refractivity contribution in [2.75, 3.05) is 13.1 Å². The van der Waals surface area contributed by atoms with Crippen molar-refractivity contribution in [3.05, 3.63) is 27.7 Å². The SMILES string of the molecule is CC(C)(C)OC(=O)N1CCC(Oc2ccc(Br)cc2Cl)C1. The molecule has 0 aliphatic carbocycles. The van der Waals surface area contributed by atoms with Crippen molar-refractivity contribution in [2.24, 2.45) is 0 Å². The molecule has 1 aromatic rings. The van der Waals surface area contributed by atoms with Gasteiger partial charge in [-0.15, -0.1) is 0 Å². The molecular weight excluding hydrogens is 358 g/mol. The Kier molecular flexibility index (Phi) is 5.04. The fraction of sp³-hybridized carbons (Fsp3) is 0.533. The second kappa shape index (κ2) is 6.44. The number of likely N-dealkylation sites (tertiary alicyclic amines) is 1. The standard InChI is InChI=1S/C15H19BrClNO3/c1-15(2,3)21-14(19)18-7-6-11(9-18)20-13-5-4-10(16)8-12(13)17/h4-5,8,11H,6-7,9H2,1-3H3. The molecule has 4 nitrogen and oxygen atoms in total. The van der Waals surface area contributed by atoms with Crippen molar-refractivity contribution < 1.29 is 14.3 Å². The molecule has 0 saturated carbocycles. The topological polar surface area (TPSA) is 38.8 Å². The molecule has 21 heavy (non-hydrogen) atoms. The monoisotopic (exact) mass is 375 g/mol. The lowest BCUT2D eigenvalue weighted by atomic mass is 10.2. The van der Waals surface area contributed by atoms with Crippen molar-refractivity contribution in [1.29, 1.82) is 0 Å². The van der Waals surface area contributed by atoms with Crippen LogP contribution in [-0.2, 0) is 4.74 Å². The summed E-state index contributed by atoms with van der Waals surface area (Å²) < 4.78 is 12.1. The Morgan fingerprint density at radius 2 is 2.14 bits per heavy atom. The van der Waals surface area contributed by atoms with Gasteiger partial charge in [-0.3, -0.25) is 0 Å². The van der Waals surface area contributed by atoms with Crippen LogP contribution in [0.5, 0.6) is 5.75 Å². The molecule has 0 radical (unpaired) electrons. The maximum Gasteiger partial charge on any atom is 0.410 e. The van der Waals surface area contributed by atoms with Crippen LogP contribution in [0.4, 0.5) is 4.79 Å². The number of nitrogens with zero attached hydrogens (tertiary/aromatic N) is 1. The van der Waals surface area contributed by atoms with E-state index >= 15 is 0 Å². The van der Waals surface area contributed by atoms with Crippen LogP contribution in [0.2, 0.25) is 5.02 Å². The summed E-state index contributed by atoms with van der Waals surface area (Å²) in [4.78, 5) is 13.7. The van der Waals surface area contributed by atoms with Crippen LogP contribution in [0.25, 0.3) is 0 Å². The van der Waals surface area contributed by atoms with E-state index in [1.165, 1.54) is 0 Å². The van der Waals surface area contributed by atoms with Gasteiger partial charge in [0, 0.05) is 17.4 Å². The maximum absolute atomic E-state index is 12.0. The first kappa shape index (κ1) is 16.4. The van der Waals surface area contributed by atoms with Crippen LogP contribution >= 0.6 is 27.5 Å². The summed E-state index contributed by atoms with van der Waals surface area (Å²) in [7, 11) is 0. The summed E-state index contributed by atoms with van der Waals surface area (Å²) in [6.45, 7) is 6.72. The highest BCUT2D eigenvalue weighted by atomic mass is 79.9. The van der Waals surface area contributed by atoms with Gasteiger partial charge >= 0.3 is 6.09 Å². The molecule has 1 fully saturated rings.